The van der Waals surface area contributed by atoms with Crippen LogP contribution in [0.4, 0.5) is 0 Å². The summed E-state index contributed by atoms with van der Waals surface area (Å²) in [4.78, 5) is 5.37. The van der Waals surface area contributed by atoms with Gasteiger partial charge in [0.05, 0.1) is 18.5 Å². The topological polar surface area (TPSA) is 48.1 Å². The first-order chi connectivity index (χ1) is 12.8. The standard InChI is InChI=1S/C20H17N3O2S/c1-2-10-21-20-23(17(13-26-20)16-6-4-3-5-7-16)22-12-15-8-9-18-19(11-15)25-14-24-18/h2-9,11-13H,1,10,14H2. The molecule has 5 nitrogen and oxygen atoms in total. The van der Waals surface area contributed by atoms with E-state index >= 15 is 0 Å². The minimum absolute atomic E-state index is 0.262. The summed E-state index contributed by atoms with van der Waals surface area (Å²) in [5.74, 6) is 1.50. The Hall–Kier alpha value is -3.12. The Morgan fingerprint density at radius 3 is 2.81 bits per heavy atom. The molecule has 1 aliphatic rings. The predicted octanol–water partition coefficient (Wildman–Crippen LogP) is 3.91. The minimum Gasteiger partial charge on any atom is -0.454 e. The molecule has 0 fully saturated rings. The molecule has 0 saturated carbocycles. The van der Waals surface area contributed by atoms with Gasteiger partial charge in [-0.15, -0.1) is 17.9 Å². The number of rotatable bonds is 5. The second-order valence-electron chi connectivity index (χ2n) is 5.57. The SMILES string of the molecule is C=CCN=c1scc(-c2ccccc2)n1N=Cc1ccc2c(c1)OCO2. The molecule has 3 aromatic rings. The predicted molar refractivity (Wildman–Crippen MR) is 104 cm³/mol. The van der Waals surface area contributed by atoms with Crippen molar-refractivity contribution in [2.24, 2.45) is 10.1 Å². The molecule has 2 heterocycles. The summed E-state index contributed by atoms with van der Waals surface area (Å²) in [5, 5.41) is 6.73. The van der Waals surface area contributed by atoms with E-state index in [-0.39, 0.29) is 6.79 Å². The number of fused-ring (bicyclic) bond motifs is 1. The van der Waals surface area contributed by atoms with Crippen LogP contribution in [0.5, 0.6) is 11.5 Å². The van der Waals surface area contributed by atoms with E-state index < -0.39 is 0 Å². The highest BCUT2D eigenvalue weighted by Gasteiger charge is 2.12. The molecule has 0 bridgehead atoms. The molecule has 0 amide bonds. The van der Waals surface area contributed by atoms with Crippen molar-refractivity contribution in [1.29, 1.82) is 0 Å². The van der Waals surface area contributed by atoms with Crippen LogP contribution < -0.4 is 14.3 Å². The first-order valence-corrected chi connectivity index (χ1v) is 9.04. The first-order valence-electron chi connectivity index (χ1n) is 8.16. The largest absolute Gasteiger partial charge is 0.454 e. The smallest absolute Gasteiger partial charge is 0.231 e. The lowest BCUT2D eigenvalue weighted by atomic mass is 10.2. The van der Waals surface area contributed by atoms with E-state index in [1.54, 1.807) is 23.6 Å². The molecule has 0 saturated heterocycles. The summed E-state index contributed by atoms with van der Waals surface area (Å²) in [6.45, 7) is 4.55. The van der Waals surface area contributed by atoms with Crippen molar-refractivity contribution in [3.8, 4) is 22.8 Å². The second-order valence-corrected chi connectivity index (χ2v) is 6.40. The van der Waals surface area contributed by atoms with Gasteiger partial charge in [-0.3, -0.25) is 4.99 Å². The fraction of sp³-hybridized carbons (Fsp3) is 0.100. The molecular formula is C20H17N3O2S. The molecule has 1 aliphatic heterocycles. The average molecular weight is 363 g/mol. The maximum absolute atomic E-state index is 5.43. The fourth-order valence-electron chi connectivity index (χ4n) is 2.59. The van der Waals surface area contributed by atoms with Gasteiger partial charge in [-0.05, 0) is 23.8 Å². The molecule has 130 valence electrons. The fourth-order valence-corrected chi connectivity index (χ4v) is 3.43. The maximum atomic E-state index is 5.43. The Balaban J connectivity index is 1.74. The highest BCUT2D eigenvalue weighted by Crippen LogP contribution is 2.32. The third kappa shape index (κ3) is 3.32. The summed E-state index contributed by atoms with van der Waals surface area (Å²) >= 11 is 1.56. The average Bonchev–Trinajstić information content (AvgIpc) is 3.31. The number of nitrogens with zero attached hydrogens (tertiary/aromatic N) is 3. The van der Waals surface area contributed by atoms with Crippen LogP contribution >= 0.6 is 11.3 Å². The van der Waals surface area contributed by atoms with Gasteiger partial charge in [0.15, 0.2) is 11.5 Å². The van der Waals surface area contributed by atoms with Gasteiger partial charge in [0.2, 0.25) is 11.6 Å². The summed E-state index contributed by atoms with van der Waals surface area (Å²) in [6.07, 6.45) is 3.57. The summed E-state index contributed by atoms with van der Waals surface area (Å²) < 4.78 is 12.6. The minimum atomic E-state index is 0.262. The van der Waals surface area contributed by atoms with Crippen LogP contribution in [0, 0.1) is 0 Å². The molecule has 26 heavy (non-hydrogen) atoms. The normalized spacial score (nSPS) is 13.5. The molecule has 0 unspecified atom stereocenters. The Kier molecular flexibility index (Phi) is 4.66. The number of benzene rings is 2. The zero-order valence-electron chi connectivity index (χ0n) is 14.0. The lowest BCUT2D eigenvalue weighted by Gasteiger charge is -2.03. The number of aromatic nitrogens is 1. The van der Waals surface area contributed by atoms with E-state index in [0.717, 1.165) is 33.1 Å². The van der Waals surface area contributed by atoms with Gasteiger partial charge in [0.25, 0.3) is 0 Å². The van der Waals surface area contributed by atoms with Crippen molar-refractivity contribution in [3.63, 3.8) is 0 Å². The van der Waals surface area contributed by atoms with Crippen molar-refractivity contribution in [2.45, 2.75) is 0 Å². The quantitative estimate of drug-likeness (QED) is 0.510. The number of thiazole rings is 1. The molecule has 0 aliphatic carbocycles. The molecular weight excluding hydrogens is 346 g/mol. The van der Waals surface area contributed by atoms with Crippen molar-refractivity contribution in [2.75, 3.05) is 13.3 Å². The van der Waals surface area contributed by atoms with Gasteiger partial charge in [-0.25, -0.2) is 4.68 Å². The van der Waals surface area contributed by atoms with E-state index in [2.05, 4.69) is 34.2 Å². The van der Waals surface area contributed by atoms with Crippen LogP contribution in [-0.4, -0.2) is 24.2 Å². The van der Waals surface area contributed by atoms with Crippen molar-refractivity contribution in [1.82, 2.24) is 4.68 Å². The van der Waals surface area contributed by atoms with Gasteiger partial charge in [-0.2, -0.15) is 5.10 Å². The first kappa shape index (κ1) is 16.4. The van der Waals surface area contributed by atoms with E-state index in [1.807, 2.05) is 41.1 Å². The molecule has 6 heteroatoms. The van der Waals surface area contributed by atoms with Crippen molar-refractivity contribution in [3.05, 3.63) is 76.9 Å². The lowest BCUT2D eigenvalue weighted by molar-refractivity contribution is 0.174. The Labute approximate surface area is 155 Å². The van der Waals surface area contributed by atoms with Crippen molar-refractivity contribution < 1.29 is 9.47 Å². The van der Waals surface area contributed by atoms with Crippen LogP contribution in [0.2, 0.25) is 0 Å². The van der Waals surface area contributed by atoms with Crippen LogP contribution in [-0.2, 0) is 0 Å². The molecule has 0 N–H and O–H groups in total. The number of hydrogen-bond acceptors (Lipinski definition) is 5. The summed E-state index contributed by atoms with van der Waals surface area (Å²) in [5.41, 5.74) is 3.02. The zero-order valence-corrected chi connectivity index (χ0v) is 14.9. The number of hydrogen-bond donors (Lipinski definition) is 0. The van der Waals surface area contributed by atoms with E-state index in [1.165, 1.54) is 0 Å². The monoisotopic (exact) mass is 363 g/mol. The second kappa shape index (κ2) is 7.41. The van der Waals surface area contributed by atoms with Crippen LogP contribution in [0.15, 0.2) is 76.7 Å². The third-order valence-electron chi connectivity index (χ3n) is 3.83. The zero-order chi connectivity index (χ0) is 17.8. The van der Waals surface area contributed by atoms with Gasteiger partial charge < -0.3 is 9.47 Å². The molecule has 0 spiro atoms. The Morgan fingerprint density at radius 2 is 1.96 bits per heavy atom. The third-order valence-corrected chi connectivity index (χ3v) is 4.68. The van der Waals surface area contributed by atoms with Crippen molar-refractivity contribution >= 4 is 17.6 Å². The molecule has 2 aromatic carbocycles. The van der Waals surface area contributed by atoms with E-state index in [0.29, 0.717) is 6.54 Å². The van der Waals surface area contributed by atoms with E-state index in [4.69, 9.17) is 9.47 Å². The highest BCUT2D eigenvalue weighted by atomic mass is 32.1. The van der Waals surface area contributed by atoms with E-state index in [9.17, 15) is 0 Å². The molecule has 0 radical (unpaired) electrons. The van der Waals surface area contributed by atoms with Gasteiger partial charge in [0.1, 0.15) is 0 Å². The molecule has 1 aromatic heterocycles. The number of ether oxygens (including phenoxy) is 2. The Morgan fingerprint density at radius 1 is 1.12 bits per heavy atom. The van der Waals surface area contributed by atoms with Gasteiger partial charge in [0, 0.05) is 10.9 Å². The maximum Gasteiger partial charge on any atom is 0.231 e. The van der Waals surface area contributed by atoms with Crippen LogP contribution in [0.1, 0.15) is 5.56 Å². The highest BCUT2D eigenvalue weighted by molar-refractivity contribution is 7.07. The summed E-state index contributed by atoms with van der Waals surface area (Å²) in [6, 6.07) is 15.9. The van der Waals surface area contributed by atoms with Crippen LogP contribution in [0.3, 0.4) is 0 Å². The summed E-state index contributed by atoms with van der Waals surface area (Å²) in [7, 11) is 0. The lowest BCUT2D eigenvalue weighted by Crippen LogP contribution is -2.12. The Bertz CT molecular complexity index is 1020. The van der Waals surface area contributed by atoms with Gasteiger partial charge >= 0.3 is 0 Å². The molecule has 4 rings (SSSR count). The van der Waals surface area contributed by atoms with Crippen LogP contribution in [0.25, 0.3) is 11.3 Å². The molecule has 0 atom stereocenters. The van der Waals surface area contributed by atoms with Gasteiger partial charge in [-0.1, -0.05) is 36.4 Å².